The maximum absolute atomic E-state index is 13.0. The van der Waals surface area contributed by atoms with E-state index < -0.39 is 17.8 Å². The molecule has 2 aliphatic rings. The zero-order valence-corrected chi connectivity index (χ0v) is 21.6. The van der Waals surface area contributed by atoms with Crippen LogP contribution >= 0.6 is 38.5 Å². The van der Waals surface area contributed by atoms with Crippen LogP contribution in [0, 0.1) is 3.57 Å². The number of amides is 4. The normalized spacial score (nSPS) is 18.1. The number of nitrogens with zero attached hydrogens (tertiary/aromatic N) is 1. The minimum Gasteiger partial charge on any atom is -0.493 e. The molecule has 0 atom stereocenters. The van der Waals surface area contributed by atoms with Crippen molar-refractivity contribution in [3.63, 3.8) is 0 Å². The first-order valence-corrected chi connectivity index (χ1v) is 12.4. The van der Waals surface area contributed by atoms with Crippen LogP contribution in [-0.4, -0.2) is 35.9 Å². The van der Waals surface area contributed by atoms with Gasteiger partial charge in [-0.05, 0) is 92.8 Å². The van der Waals surface area contributed by atoms with Gasteiger partial charge in [0.15, 0.2) is 11.5 Å². The van der Waals surface area contributed by atoms with E-state index in [-0.39, 0.29) is 11.6 Å². The number of methoxy groups -OCH3 is 1. The van der Waals surface area contributed by atoms with Crippen LogP contribution in [0.15, 0.2) is 46.4 Å². The van der Waals surface area contributed by atoms with Gasteiger partial charge in [-0.1, -0.05) is 25.0 Å². The maximum Gasteiger partial charge on any atom is 0.331 e. The van der Waals surface area contributed by atoms with Crippen molar-refractivity contribution in [2.45, 2.75) is 38.3 Å². The Hall–Kier alpha value is -2.40. The average molecular weight is 625 g/mol. The second-order valence-electron chi connectivity index (χ2n) is 7.88. The SMILES string of the molecule is COc1cc(/C=C2\C(=O)NC(=O)N(C3CCCC3)C2=O)cc(Br)c1OCc1ccc(I)cc1. The fourth-order valence-electron chi connectivity index (χ4n) is 4.03. The minimum absolute atomic E-state index is 0.0805. The molecule has 0 unspecified atom stereocenters. The summed E-state index contributed by atoms with van der Waals surface area (Å²) in [6.45, 7) is 0.353. The Morgan fingerprint density at radius 2 is 1.85 bits per heavy atom. The molecule has 0 spiro atoms. The molecule has 33 heavy (non-hydrogen) atoms. The monoisotopic (exact) mass is 624 g/mol. The molecule has 1 aliphatic heterocycles. The third-order valence-electron chi connectivity index (χ3n) is 5.68. The summed E-state index contributed by atoms with van der Waals surface area (Å²) in [5, 5.41) is 2.29. The predicted molar refractivity (Wildman–Crippen MR) is 135 cm³/mol. The van der Waals surface area contributed by atoms with Crippen molar-refractivity contribution in [2.75, 3.05) is 7.11 Å². The Bertz CT molecular complexity index is 1130. The molecule has 1 saturated carbocycles. The van der Waals surface area contributed by atoms with Crippen LogP contribution in [0.4, 0.5) is 4.79 Å². The highest BCUT2D eigenvalue weighted by molar-refractivity contribution is 14.1. The number of benzene rings is 2. The van der Waals surface area contributed by atoms with Crippen LogP contribution in [0.3, 0.4) is 0 Å². The third kappa shape index (κ3) is 5.24. The highest BCUT2D eigenvalue weighted by Gasteiger charge is 2.40. The second kappa shape index (κ2) is 10.3. The van der Waals surface area contributed by atoms with Crippen molar-refractivity contribution in [2.24, 2.45) is 0 Å². The van der Waals surface area contributed by atoms with Gasteiger partial charge < -0.3 is 9.47 Å². The average Bonchev–Trinajstić information content (AvgIpc) is 3.31. The molecule has 9 heteroatoms. The molecule has 4 amide bonds. The van der Waals surface area contributed by atoms with E-state index in [1.54, 1.807) is 12.1 Å². The van der Waals surface area contributed by atoms with E-state index in [2.05, 4.69) is 43.8 Å². The van der Waals surface area contributed by atoms with Crippen LogP contribution in [0.5, 0.6) is 11.5 Å². The molecule has 7 nitrogen and oxygen atoms in total. The van der Waals surface area contributed by atoms with Crippen molar-refractivity contribution >= 4 is 62.4 Å². The number of halogens is 2. The van der Waals surface area contributed by atoms with E-state index in [1.165, 1.54) is 18.1 Å². The first-order chi connectivity index (χ1) is 15.9. The van der Waals surface area contributed by atoms with E-state index in [9.17, 15) is 14.4 Å². The molecule has 1 aliphatic carbocycles. The van der Waals surface area contributed by atoms with E-state index in [1.807, 2.05) is 24.3 Å². The van der Waals surface area contributed by atoms with Crippen LogP contribution in [0.25, 0.3) is 6.08 Å². The van der Waals surface area contributed by atoms with Crippen molar-refractivity contribution in [1.29, 1.82) is 0 Å². The van der Waals surface area contributed by atoms with Crippen LogP contribution in [0.2, 0.25) is 0 Å². The zero-order chi connectivity index (χ0) is 23.5. The van der Waals surface area contributed by atoms with Gasteiger partial charge in [0.2, 0.25) is 0 Å². The molecular weight excluding hydrogens is 603 g/mol. The molecule has 2 aromatic carbocycles. The molecule has 4 rings (SSSR count). The Morgan fingerprint density at radius 1 is 1.15 bits per heavy atom. The number of urea groups is 1. The smallest absolute Gasteiger partial charge is 0.331 e. The zero-order valence-electron chi connectivity index (χ0n) is 17.9. The molecule has 0 aromatic heterocycles. The van der Waals surface area contributed by atoms with Crippen molar-refractivity contribution in [3.8, 4) is 11.5 Å². The lowest BCUT2D eigenvalue weighted by Gasteiger charge is -2.31. The van der Waals surface area contributed by atoms with Gasteiger partial charge in [-0.2, -0.15) is 0 Å². The summed E-state index contributed by atoms with van der Waals surface area (Å²) in [6, 6.07) is 10.6. The lowest BCUT2D eigenvalue weighted by Crippen LogP contribution is -2.57. The highest BCUT2D eigenvalue weighted by atomic mass is 127. The number of imide groups is 2. The maximum atomic E-state index is 13.0. The lowest BCUT2D eigenvalue weighted by atomic mass is 10.0. The second-order valence-corrected chi connectivity index (χ2v) is 9.98. The molecule has 1 N–H and O–H groups in total. The van der Waals surface area contributed by atoms with Gasteiger partial charge in [0.05, 0.1) is 11.6 Å². The summed E-state index contributed by atoms with van der Waals surface area (Å²) in [7, 11) is 1.52. The predicted octanol–water partition coefficient (Wildman–Crippen LogP) is 5.05. The van der Waals surface area contributed by atoms with Gasteiger partial charge in [-0.25, -0.2) is 4.79 Å². The fraction of sp³-hybridized carbons (Fsp3) is 0.292. The number of carbonyl (C=O) groups is 3. The van der Waals surface area contributed by atoms with Gasteiger partial charge in [0.1, 0.15) is 12.2 Å². The van der Waals surface area contributed by atoms with Crippen LogP contribution in [0.1, 0.15) is 36.8 Å². The summed E-state index contributed by atoms with van der Waals surface area (Å²) in [5.74, 6) is -0.298. The molecule has 1 saturated heterocycles. The highest BCUT2D eigenvalue weighted by Crippen LogP contribution is 2.38. The van der Waals surface area contributed by atoms with Crippen LogP contribution in [-0.2, 0) is 16.2 Å². The lowest BCUT2D eigenvalue weighted by molar-refractivity contribution is -0.131. The van der Waals surface area contributed by atoms with Gasteiger partial charge in [0.25, 0.3) is 11.8 Å². The van der Waals surface area contributed by atoms with Crippen molar-refractivity contribution < 1.29 is 23.9 Å². The third-order valence-corrected chi connectivity index (χ3v) is 6.99. The van der Waals surface area contributed by atoms with Gasteiger partial charge >= 0.3 is 6.03 Å². The number of carbonyl (C=O) groups excluding carboxylic acids is 3. The van der Waals surface area contributed by atoms with Gasteiger partial charge in [-0.3, -0.25) is 19.8 Å². The Balaban J connectivity index is 1.59. The topological polar surface area (TPSA) is 84.9 Å². The molecule has 2 fully saturated rings. The Labute approximate surface area is 213 Å². The van der Waals surface area contributed by atoms with E-state index in [0.29, 0.717) is 28.1 Å². The summed E-state index contributed by atoms with van der Waals surface area (Å²) in [6.07, 6.45) is 4.91. The number of hydrogen-bond acceptors (Lipinski definition) is 5. The van der Waals surface area contributed by atoms with E-state index in [4.69, 9.17) is 9.47 Å². The van der Waals surface area contributed by atoms with Crippen molar-refractivity contribution in [3.05, 3.63) is 61.1 Å². The molecule has 2 aromatic rings. The number of rotatable bonds is 6. The summed E-state index contributed by atoms with van der Waals surface area (Å²) >= 11 is 5.76. The van der Waals surface area contributed by atoms with Gasteiger partial charge in [-0.15, -0.1) is 0 Å². The number of barbiturate groups is 1. The number of hydrogen-bond donors (Lipinski definition) is 1. The fourth-order valence-corrected chi connectivity index (χ4v) is 4.96. The first kappa shape index (κ1) is 23.7. The largest absolute Gasteiger partial charge is 0.493 e. The molecular formula is C24H22BrIN2O5. The van der Waals surface area contributed by atoms with E-state index >= 15 is 0 Å². The minimum atomic E-state index is -0.701. The van der Waals surface area contributed by atoms with Crippen LogP contribution < -0.4 is 14.8 Å². The summed E-state index contributed by atoms with van der Waals surface area (Å²) < 4.78 is 13.2. The molecule has 1 heterocycles. The quantitative estimate of drug-likeness (QED) is 0.276. The molecule has 0 bridgehead atoms. The first-order valence-electron chi connectivity index (χ1n) is 10.5. The number of nitrogens with one attached hydrogen (secondary N) is 1. The van der Waals surface area contributed by atoms with Crippen molar-refractivity contribution in [1.82, 2.24) is 10.2 Å². The number of ether oxygens (including phenoxy) is 2. The van der Waals surface area contributed by atoms with Gasteiger partial charge in [0, 0.05) is 9.61 Å². The summed E-state index contributed by atoms with van der Waals surface area (Å²) in [5.41, 5.74) is 1.50. The standard InChI is InChI=1S/C24H22BrIN2O5/c1-32-20-12-15(11-19(25)21(20)33-13-14-6-8-16(26)9-7-14)10-18-22(29)27-24(31)28(23(18)30)17-4-2-3-5-17/h6-12,17H,2-5,13H2,1H3,(H,27,29,31)/b18-10+. The summed E-state index contributed by atoms with van der Waals surface area (Å²) in [4.78, 5) is 39.0. The Morgan fingerprint density at radius 3 is 2.52 bits per heavy atom. The molecule has 172 valence electrons. The molecule has 0 radical (unpaired) electrons. The van der Waals surface area contributed by atoms with E-state index in [0.717, 1.165) is 34.8 Å². The Kier molecular flexibility index (Phi) is 7.38.